The lowest BCUT2D eigenvalue weighted by Gasteiger charge is -2.07. The number of alkyl halides is 3. The van der Waals surface area contributed by atoms with Crippen LogP contribution in [-0.4, -0.2) is 25.2 Å². The molecule has 0 amide bonds. The fourth-order valence-electron chi connectivity index (χ4n) is 1.07. The van der Waals surface area contributed by atoms with E-state index in [1.54, 1.807) is 0 Å². The van der Waals surface area contributed by atoms with Gasteiger partial charge in [0.05, 0.1) is 10.0 Å². The number of halogens is 6. The van der Waals surface area contributed by atoms with Crippen LogP contribution < -0.4 is 0 Å². The third-order valence-corrected chi connectivity index (χ3v) is 2.42. The van der Waals surface area contributed by atoms with Crippen molar-refractivity contribution in [3.05, 3.63) is 33.8 Å². The predicted molar refractivity (Wildman–Crippen MR) is 55.3 cm³/mol. The number of rotatable bonds is 4. The molecule has 0 aliphatic rings. The van der Waals surface area contributed by atoms with Crippen LogP contribution in [0.25, 0.3) is 0 Å². The molecule has 0 aromatic heterocycles. The van der Waals surface area contributed by atoms with Gasteiger partial charge in [0.2, 0.25) is 0 Å². The second-order valence-corrected chi connectivity index (χ2v) is 4.13. The average molecular weight is 333 g/mol. The third kappa shape index (κ3) is 4.34. The zero-order valence-electron chi connectivity index (χ0n) is 8.65. The molecule has 1 aromatic rings. The van der Waals surface area contributed by atoms with Crippen LogP contribution in [0.3, 0.4) is 0 Å². The molecule has 100 valence electrons. The van der Waals surface area contributed by atoms with Gasteiger partial charge in [-0.2, -0.15) is 13.2 Å². The van der Waals surface area contributed by atoms with E-state index in [0.717, 1.165) is 0 Å². The highest BCUT2D eigenvalue weighted by Gasteiger charge is 2.28. The molecule has 0 bridgehead atoms. The molecule has 0 spiro atoms. The van der Waals surface area contributed by atoms with Crippen LogP contribution in [0.1, 0.15) is 10.4 Å². The fourth-order valence-corrected chi connectivity index (χ4v) is 1.39. The molecular formula is C10H6BrF5O2. The van der Waals surface area contributed by atoms with E-state index in [0.29, 0.717) is 12.1 Å². The SMILES string of the molecule is O=C(COCC(F)(F)F)c1cc(F)c(Br)cc1F. The van der Waals surface area contributed by atoms with Gasteiger partial charge in [-0.25, -0.2) is 8.78 Å². The smallest absolute Gasteiger partial charge is 0.364 e. The Hall–Kier alpha value is -1.02. The molecule has 8 heteroatoms. The minimum Gasteiger partial charge on any atom is -0.364 e. The molecular weight excluding hydrogens is 327 g/mol. The topological polar surface area (TPSA) is 26.3 Å². The highest BCUT2D eigenvalue weighted by molar-refractivity contribution is 9.10. The Balaban J connectivity index is 2.70. The Bertz CT molecular complexity index is 458. The van der Waals surface area contributed by atoms with Gasteiger partial charge in [-0.1, -0.05) is 0 Å². The highest BCUT2D eigenvalue weighted by Crippen LogP contribution is 2.20. The Labute approximate surface area is 107 Å². The fraction of sp³-hybridized carbons (Fsp3) is 0.300. The number of carbonyl (C=O) groups excluding carboxylic acids is 1. The van der Waals surface area contributed by atoms with E-state index >= 15 is 0 Å². The maximum Gasteiger partial charge on any atom is 0.411 e. The molecule has 0 atom stereocenters. The first-order valence-corrected chi connectivity index (χ1v) is 5.32. The van der Waals surface area contributed by atoms with Gasteiger partial charge in [0.1, 0.15) is 24.8 Å². The maximum atomic E-state index is 13.2. The summed E-state index contributed by atoms with van der Waals surface area (Å²) >= 11 is 2.70. The molecule has 1 rings (SSSR count). The van der Waals surface area contributed by atoms with Crippen molar-refractivity contribution in [3.63, 3.8) is 0 Å². The van der Waals surface area contributed by atoms with E-state index in [1.807, 2.05) is 0 Å². The summed E-state index contributed by atoms with van der Waals surface area (Å²) in [6.45, 7) is -2.60. The van der Waals surface area contributed by atoms with Crippen molar-refractivity contribution in [1.82, 2.24) is 0 Å². The minimum absolute atomic E-state index is 0.187. The Morgan fingerprint density at radius 3 is 2.39 bits per heavy atom. The van der Waals surface area contributed by atoms with Crippen molar-refractivity contribution >= 4 is 21.7 Å². The summed E-state index contributed by atoms with van der Waals surface area (Å²) < 4.78 is 65.4. The van der Waals surface area contributed by atoms with E-state index < -0.39 is 42.4 Å². The highest BCUT2D eigenvalue weighted by atomic mass is 79.9. The zero-order valence-corrected chi connectivity index (χ0v) is 10.2. The standard InChI is InChI=1S/C10H6BrF5O2/c11-6-2-7(12)5(1-8(6)13)9(17)3-18-4-10(14,15)16/h1-2H,3-4H2. The van der Waals surface area contributed by atoms with Crippen LogP contribution in [0.5, 0.6) is 0 Å². The first-order chi connectivity index (χ1) is 8.20. The summed E-state index contributed by atoms with van der Waals surface area (Å²) in [5.74, 6) is -3.00. The summed E-state index contributed by atoms with van der Waals surface area (Å²) in [5.41, 5.74) is -0.655. The lowest BCUT2D eigenvalue weighted by Crippen LogP contribution is -2.21. The Morgan fingerprint density at radius 2 is 1.83 bits per heavy atom. The molecule has 0 saturated heterocycles. The molecule has 0 saturated carbocycles. The second-order valence-electron chi connectivity index (χ2n) is 3.28. The number of ketones is 1. The monoisotopic (exact) mass is 332 g/mol. The van der Waals surface area contributed by atoms with Crippen molar-refractivity contribution in [2.45, 2.75) is 6.18 Å². The summed E-state index contributed by atoms with van der Waals surface area (Å²) in [6.07, 6.45) is -4.58. The molecule has 0 heterocycles. The van der Waals surface area contributed by atoms with E-state index in [1.165, 1.54) is 0 Å². The zero-order chi connectivity index (χ0) is 13.9. The second kappa shape index (κ2) is 5.75. The number of benzene rings is 1. The summed E-state index contributed by atoms with van der Waals surface area (Å²) in [5, 5.41) is 0. The molecule has 0 radical (unpaired) electrons. The number of Topliss-reactive ketones (excluding diaryl/α,β-unsaturated/α-hetero) is 1. The summed E-state index contributed by atoms with van der Waals surface area (Å²) in [4.78, 5) is 11.3. The van der Waals surface area contributed by atoms with Crippen LogP contribution >= 0.6 is 15.9 Å². The largest absolute Gasteiger partial charge is 0.411 e. The molecule has 0 aliphatic carbocycles. The normalized spacial score (nSPS) is 11.7. The first kappa shape index (κ1) is 15.0. The van der Waals surface area contributed by atoms with Gasteiger partial charge in [0.15, 0.2) is 5.78 Å². The van der Waals surface area contributed by atoms with Gasteiger partial charge in [-0.15, -0.1) is 0 Å². The van der Waals surface area contributed by atoms with Gasteiger partial charge < -0.3 is 4.74 Å². The lowest BCUT2D eigenvalue weighted by atomic mass is 10.1. The molecule has 2 nitrogen and oxygen atoms in total. The molecule has 0 fully saturated rings. The minimum atomic E-state index is -4.58. The summed E-state index contributed by atoms with van der Waals surface area (Å²) in [7, 11) is 0. The Kier molecular flexibility index (Phi) is 4.80. The molecule has 0 unspecified atom stereocenters. The number of ether oxygens (including phenoxy) is 1. The van der Waals surface area contributed by atoms with Gasteiger partial charge in [0, 0.05) is 0 Å². The average Bonchev–Trinajstić information content (AvgIpc) is 2.21. The van der Waals surface area contributed by atoms with Gasteiger partial charge >= 0.3 is 6.18 Å². The van der Waals surface area contributed by atoms with Crippen LogP contribution in [0.4, 0.5) is 22.0 Å². The maximum absolute atomic E-state index is 13.2. The Morgan fingerprint density at radius 1 is 1.22 bits per heavy atom. The number of carbonyl (C=O) groups is 1. The van der Waals surface area contributed by atoms with Gasteiger partial charge in [0.25, 0.3) is 0 Å². The van der Waals surface area contributed by atoms with Crippen LogP contribution in [0, 0.1) is 11.6 Å². The summed E-state index contributed by atoms with van der Waals surface area (Å²) in [6, 6.07) is 1.31. The molecule has 1 aromatic carbocycles. The van der Waals surface area contributed by atoms with Crippen molar-refractivity contribution in [2.75, 3.05) is 13.2 Å². The third-order valence-electron chi connectivity index (χ3n) is 1.81. The van der Waals surface area contributed by atoms with E-state index in [2.05, 4.69) is 20.7 Å². The van der Waals surface area contributed by atoms with Gasteiger partial charge in [-0.05, 0) is 28.1 Å². The molecule has 0 N–H and O–H groups in total. The van der Waals surface area contributed by atoms with E-state index in [9.17, 15) is 26.7 Å². The van der Waals surface area contributed by atoms with Crippen LogP contribution in [-0.2, 0) is 4.74 Å². The van der Waals surface area contributed by atoms with E-state index in [4.69, 9.17) is 0 Å². The number of hydrogen-bond acceptors (Lipinski definition) is 2. The molecule has 0 aliphatic heterocycles. The van der Waals surface area contributed by atoms with Crippen molar-refractivity contribution < 1.29 is 31.5 Å². The van der Waals surface area contributed by atoms with Crippen molar-refractivity contribution in [1.29, 1.82) is 0 Å². The van der Waals surface area contributed by atoms with E-state index in [-0.39, 0.29) is 4.47 Å². The van der Waals surface area contributed by atoms with Crippen LogP contribution in [0.2, 0.25) is 0 Å². The lowest BCUT2D eigenvalue weighted by molar-refractivity contribution is -0.170. The van der Waals surface area contributed by atoms with Crippen molar-refractivity contribution in [2.24, 2.45) is 0 Å². The van der Waals surface area contributed by atoms with Crippen molar-refractivity contribution in [3.8, 4) is 0 Å². The number of hydrogen-bond donors (Lipinski definition) is 0. The van der Waals surface area contributed by atoms with Gasteiger partial charge in [-0.3, -0.25) is 4.79 Å². The first-order valence-electron chi connectivity index (χ1n) is 4.53. The quantitative estimate of drug-likeness (QED) is 0.479. The predicted octanol–water partition coefficient (Wildman–Crippen LogP) is 3.49. The molecule has 18 heavy (non-hydrogen) atoms. The van der Waals surface area contributed by atoms with Crippen LogP contribution in [0.15, 0.2) is 16.6 Å².